The molecule has 3 atom stereocenters. The third-order valence-corrected chi connectivity index (χ3v) is 6.54. The van der Waals surface area contributed by atoms with Crippen molar-refractivity contribution in [3.05, 3.63) is 75.8 Å². The minimum Gasteiger partial charge on any atom is -0.460 e. The Kier molecular flexibility index (Phi) is 15.3. The lowest BCUT2D eigenvalue weighted by atomic mass is 10.0. The molecule has 0 spiro atoms. The van der Waals surface area contributed by atoms with Gasteiger partial charge in [-0.05, 0) is 49.8 Å². The van der Waals surface area contributed by atoms with Gasteiger partial charge >= 0.3 is 5.97 Å². The quantitative estimate of drug-likeness (QED) is 0.0636. The van der Waals surface area contributed by atoms with Crippen LogP contribution < -0.4 is 22.5 Å². The van der Waals surface area contributed by atoms with Crippen LogP contribution in [0.4, 0.5) is 5.69 Å². The lowest BCUT2D eigenvalue weighted by Gasteiger charge is -2.28. The Labute approximate surface area is 256 Å². The summed E-state index contributed by atoms with van der Waals surface area (Å²) in [5, 5.41) is 13.8. The summed E-state index contributed by atoms with van der Waals surface area (Å²) in [5.41, 5.74) is 17.9. The van der Waals surface area contributed by atoms with Gasteiger partial charge in [-0.2, -0.15) is 0 Å². The third kappa shape index (κ3) is 10.8. The van der Waals surface area contributed by atoms with E-state index in [1.807, 2.05) is 30.3 Å². The number of likely N-dealkylation sites (tertiary alicyclic amines) is 1. The number of halogens is 2. The number of amides is 2. The zero-order valence-electron chi connectivity index (χ0n) is 22.9. The Balaban J connectivity index is 0.00000441. The molecule has 0 aromatic heterocycles. The van der Waals surface area contributed by atoms with E-state index in [9.17, 15) is 24.5 Å². The van der Waals surface area contributed by atoms with Crippen LogP contribution in [0.15, 0.2) is 59.6 Å². The molecule has 13 nitrogen and oxygen atoms in total. The third-order valence-electron chi connectivity index (χ3n) is 6.54. The van der Waals surface area contributed by atoms with Crippen LogP contribution in [-0.2, 0) is 20.7 Å². The molecule has 2 amide bonds. The highest BCUT2D eigenvalue weighted by Crippen LogP contribution is 2.20. The van der Waals surface area contributed by atoms with E-state index in [-0.39, 0.29) is 60.4 Å². The Morgan fingerprint density at radius 3 is 2.38 bits per heavy atom. The maximum atomic E-state index is 13.3. The monoisotopic (exact) mass is 625 g/mol. The molecule has 1 aliphatic heterocycles. The smallest absolute Gasteiger partial charge is 0.338 e. The SMILES string of the molecule is Cl.Cl.NC(N)=NCCC[C@@H](COC(=O)c1ccc([N+](=O)[O-])cc1)NC(=O)[C@@H]1CCCN1C(=O)[C@H](N)Cc1ccccc1. The van der Waals surface area contributed by atoms with E-state index < -0.39 is 29.0 Å². The second kappa shape index (κ2) is 17.8. The first-order valence-electron chi connectivity index (χ1n) is 13.0. The van der Waals surface area contributed by atoms with Gasteiger partial charge in [-0.1, -0.05) is 30.3 Å². The van der Waals surface area contributed by atoms with Gasteiger partial charge in [0.15, 0.2) is 5.96 Å². The molecule has 42 heavy (non-hydrogen) atoms. The predicted octanol–water partition coefficient (Wildman–Crippen LogP) is 1.69. The molecule has 230 valence electrons. The molecule has 1 fully saturated rings. The number of hydrogen-bond donors (Lipinski definition) is 4. The van der Waals surface area contributed by atoms with Crippen molar-refractivity contribution >= 4 is 54.2 Å². The average molecular weight is 627 g/mol. The van der Waals surface area contributed by atoms with E-state index in [1.54, 1.807) is 0 Å². The first-order chi connectivity index (χ1) is 19.2. The zero-order chi connectivity index (χ0) is 29.1. The van der Waals surface area contributed by atoms with E-state index in [4.69, 9.17) is 21.9 Å². The van der Waals surface area contributed by atoms with Gasteiger partial charge in [-0.3, -0.25) is 24.7 Å². The van der Waals surface area contributed by atoms with Crippen molar-refractivity contribution in [1.82, 2.24) is 10.2 Å². The molecule has 2 aromatic carbocycles. The standard InChI is InChI=1S/C27H35N7O6.2ClH/c28-22(16-18-6-2-1-3-7-18)25(36)33-15-5-9-23(33)24(35)32-20(8-4-14-31-27(29)30)17-40-26(37)19-10-12-21(13-11-19)34(38)39;;/h1-3,6-7,10-13,20,22-23H,4-5,8-9,14-17,28H2,(H,32,35)(H4,29,30,31);2*1H/t20-,22+,23-;;/m0../s1. The minimum absolute atomic E-state index is 0. The van der Waals surface area contributed by atoms with Crippen LogP contribution in [0.5, 0.6) is 0 Å². The number of guanidine groups is 1. The van der Waals surface area contributed by atoms with Crippen LogP contribution >= 0.6 is 24.8 Å². The zero-order valence-corrected chi connectivity index (χ0v) is 24.6. The first kappa shape index (κ1) is 36.1. The second-order valence-electron chi connectivity index (χ2n) is 9.54. The number of carbonyl (C=O) groups is 3. The molecular weight excluding hydrogens is 589 g/mol. The fourth-order valence-electron chi connectivity index (χ4n) is 4.49. The normalized spacial score (nSPS) is 15.3. The van der Waals surface area contributed by atoms with Crippen molar-refractivity contribution in [1.29, 1.82) is 0 Å². The number of benzene rings is 2. The number of nitro benzene ring substituents is 1. The number of nitrogens with one attached hydrogen (secondary N) is 1. The van der Waals surface area contributed by atoms with Crippen LogP contribution in [0.2, 0.25) is 0 Å². The van der Waals surface area contributed by atoms with Gasteiger partial charge in [-0.15, -0.1) is 24.8 Å². The maximum Gasteiger partial charge on any atom is 0.338 e. The molecule has 15 heteroatoms. The fourth-order valence-corrected chi connectivity index (χ4v) is 4.49. The molecule has 3 rings (SSSR count). The topological polar surface area (TPSA) is 209 Å². The number of nitrogens with zero attached hydrogens (tertiary/aromatic N) is 3. The second-order valence-corrected chi connectivity index (χ2v) is 9.54. The molecular formula is C27H37Cl2N7O6. The first-order valence-corrected chi connectivity index (χ1v) is 13.0. The van der Waals surface area contributed by atoms with Crippen molar-refractivity contribution in [2.45, 2.75) is 50.2 Å². The molecule has 0 saturated carbocycles. The van der Waals surface area contributed by atoms with Gasteiger partial charge in [0.2, 0.25) is 11.8 Å². The van der Waals surface area contributed by atoms with Gasteiger partial charge in [0.1, 0.15) is 12.6 Å². The Morgan fingerprint density at radius 2 is 1.76 bits per heavy atom. The van der Waals surface area contributed by atoms with E-state index >= 15 is 0 Å². The summed E-state index contributed by atoms with van der Waals surface area (Å²) in [5.74, 6) is -1.41. The van der Waals surface area contributed by atoms with E-state index in [2.05, 4.69) is 10.3 Å². The molecule has 0 unspecified atom stereocenters. The number of aliphatic imine (C=N–C) groups is 1. The maximum absolute atomic E-state index is 13.3. The van der Waals surface area contributed by atoms with Crippen molar-refractivity contribution < 1.29 is 24.0 Å². The molecule has 1 saturated heterocycles. The summed E-state index contributed by atoms with van der Waals surface area (Å²) in [6.07, 6.45) is 2.39. The molecule has 0 aliphatic carbocycles. The highest BCUT2D eigenvalue weighted by atomic mass is 35.5. The van der Waals surface area contributed by atoms with E-state index in [0.717, 1.165) is 5.56 Å². The number of esters is 1. The number of ether oxygens (including phenoxy) is 1. The number of nitrogens with two attached hydrogens (primary N) is 3. The van der Waals surface area contributed by atoms with Gasteiger partial charge in [0.25, 0.3) is 5.69 Å². The van der Waals surface area contributed by atoms with Gasteiger partial charge < -0.3 is 32.2 Å². The predicted molar refractivity (Wildman–Crippen MR) is 163 cm³/mol. The average Bonchev–Trinajstić information content (AvgIpc) is 3.44. The van der Waals surface area contributed by atoms with Crippen molar-refractivity contribution in [3.63, 3.8) is 0 Å². The number of rotatable bonds is 13. The molecule has 2 aromatic rings. The molecule has 0 bridgehead atoms. The van der Waals surface area contributed by atoms with Crippen molar-refractivity contribution in [3.8, 4) is 0 Å². The van der Waals surface area contributed by atoms with Gasteiger partial charge in [0.05, 0.1) is 22.6 Å². The van der Waals surface area contributed by atoms with Crippen LogP contribution in [0, 0.1) is 10.1 Å². The summed E-state index contributed by atoms with van der Waals surface area (Å²) in [6.45, 7) is 0.578. The summed E-state index contributed by atoms with van der Waals surface area (Å²) >= 11 is 0. The Morgan fingerprint density at radius 1 is 1.10 bits per heavy atom. The van der Waals surface area contributed by atoms with Crippen molar-refractivity contribution in [2.75, 3.05) is 19.7 Å². The van der Waals surface area contributed by atoms with Crippen LogP contribution in [0.25, 0.3) is 0 Å². The van der Waals surface area contributed by atoms with Gasteiger partial charge in [-0.25, -0.2) is 4.79 Å². The summed E-state index contributed by atoms with van der Waals surface area (Å²) < 4.78 is 5.40. The van der Waals surface area contributed by atoms with Crippen molar-refractivity contribution in [2.24, 2.45) is 22.2 Å². The highest BCUT2D eigenvalue weighted by Gasteiger charge is 2.37. The van der Waals surface area contributed by atoms with Crippen LogP contribution in [-0.4, -0.2) is 71.4 Å². The minimum atomic E-state index is -0.783. The number of carbonyl (C=O) groups excluding carboxylic acids is 3. The lowest BCUT2D eigenvalue weighted by Crippen LogP contribution is -2.53. The number of non-ortho nitro benzene ring substituents is 1. The molecule has 7 N–H and O–H groups in total. The van der Waals surface area contributed by atoms with Gasteiger partial charge in [0, 0.05) is 25.2 Å². The number of nitro groups is 1. The summed E-state index contributed by atoms with van der Waals surface area (Å²) in [7, 11) is 0. The van der Waals surface area contributed by atoms with Crippen LogP contribution in [0.1, 0.15) is 41.6 Å². The number of hydrogen-bond acceptors (Lipinski definition) is 8. The molecule has 1 aliphatic rings. The summed E-state index contributed by atoms with van der Waals surface area (Å²) in [4.78, 5) is 54.7. The Hall–Kier alpha value is -3.94. The Bertz CT molecular complexity index is 1210. The molecule has 0 radical (unpaired) electrons. The van der Waals surface area contributed by atoms with E-state index in [0.29, 0.717) is 45.2 Å². The molecule has 1 heterocycles. The van der Waals surface area contributed by atoms with E-state index in [1.165, 1.54) is 29.2 Å². The largest absolute Gasteiger partial charge is 0.460 e. The van der Waals surface area contributed by atoms with Crippen LogP contribution in [0.3, 0.4) is 0 Å². The fraction of sp³-hybridized carbons (Fsp3) is 0.407. The lowest BCUT2D eigenvalue weighted by molar-refractivity contribution is -0.384. The summed E-state index contributed by atoms with van der Waals surface area (Å²) in [6, 6.07) is 12.4. The highest BCUT2D eigenvalue weighted by molar-refractivity contribution is 5.91.